The van der Waals surface area contributed by atoms with Crippen LogP contribution in [0.3, 0.4) is 0 Å². The van der Waals surface area contributed by atoms with Crippen molar-refractivity contribution in [3.8, 4) is 0 Å². The monoisotopic (exact) mass is 424 g/mol. The first kappa shape index (κ1) is 22.2. The Balaban J connectivity index is 1.33. The number of H-pyrrole nitrogens is 1. The van der Waals surface area contributed by atoms with E-state index in [1.54, 1.807) is 0 Å². The van der Waals surface area contributed by atoms with Crippen LogP contribution in [-0.2, 0) is 6.42 Å². The number of aryl methyl sites for hydroxylation is 1. The molecule has 2 fully saturated rings. The lowest BCUT2D eigenvalue weighted by Gasteiger charge is -2.50. The highest BCUT2D eigenvalue weighted by Crippen LogP contribution is 2.30. The second-order valence-electron chi connectivity index (χ2n) is 9.54. The van der Waals surface area contributed by atoms with Gasteiger partial charge in [0.15, 0.2) is 5.96 Å². The van der Waals surface area contributed by atoms with Crippen LogP contribution >= 0.6 is 0 Å². The number of aromatic amines is 1. The Bertz CT molecular complexity index is 871. The van der Waals surface area contributed by atoms with E-state index in [9.17, 15) is 0 Å². The molecule has 0 saturated carbocycles. The molecule has 170 valence electrons. The van der Waals surface area contributed by atoms with E-state index >= 15 is 0 Å². The summed E-state index contributed by atoms with van der Waals surface area (Å²) in [6.07, 6.45) is 9.67. The van der Waals surface area contributed by atoms with Crippen molar-refractivity contribution in [2.75, 3.05) is 53.4 Å². The van der Waals surface area contributed by atoms with Crippen LogP contribution in [-0.4, -0.2) is 79.6 Å². The SMILES string of the molecule is CN=C(NCCc1c[nH]c2cc(C)ccc12)NCC1(N2CCCCC2)CCN(C)CC1. The van der Waals surface area contributed by atoms with Crippen LogP contribution in [0, 0.1) is 6.92 Å². The Morgan fingerprint density at radius 3 is 2.61 bits per heavy atom. The normalized spacial score (nSPS) is 20.8. The smallest absolute Gasteiger partial charge is 0.191 e. The average Bonchev–Trinajstić information content (AvgIpc) is 3.20. The van der Waals surface area contributed by atoms with Gasteiger partial charge in [0.05, 0.1) is 0 Å². The number of likely N-dealkylation sites (tertiary alicyclic amines) is 2. The summed E-state index contributed by atoms with van der Waals surface area (Å²) in [7, 11) is 4.13. The second kappa shape index (κ2) is 10.0. The van der Waals surface area contributed by atoms with Gasteiger partial charge in [0.25, 0.3) is 0 Å². The summed E-state index contributed by atoms with van der Waals surface area (Å²) in [6.45, 7) is 8.86. The minimum absolute atomic E-state index is 0.263. The molecule has 3 heterocycles. The molecule has 2 aromatic rings. The van der Waals surface area contributed by atoms with E-state index in [-0.39, 0.29) is 5.54 Å². The first-order valence-corrected chi connectivity index (χ1v) is 12.0. The quantitative estimate of drug-likeness (QED) is 0.493. The number of hydrogen-bond donors (Lipinski definition) is 3. The van der Waals surface area contributed by atoms with Crippen LogP contribution in [0.2, 0.25) is 0 Å². The molecule has 1 aromatic heterocycles. The number of hydrogen-bond acceptors (Lipinski definition) is 3. The molecule has 31 heavy (non-hydrogen) atoms. The van der Waals surface area contributed by atoms with Gasteiger partial charge in [-0.1, -0.05) is 18.6 Å². The lowest BCUT2D eigenvalue weighted by Crippen LogP contribution is -2.62. The molecule has 0 aliphatic carbocycles. The summed E-state index contributed by atoms with van der Waals surface area (Å²) in [5.74, 6) is 0.922. The lowest BCUT2D eigenvalue weighted by atomic mass is 9.84. The van der Waals surface area contributed by atoms with Gasteiger partial charge in [0.1, 0.15) is 0 Å². The van der Waals surface area contributed by atoms with Gasteiger partial charge in [-0.05, 0) is 89.4 Å². The molecule has 0 unspecified atom stereocenters. The van der Waals surface area contributed by atoms with Crippen LogP contribution in [0.4, 0.5) is 0 Å². The van der Waals surface area contributed by atoms with Crippen LogP contribution in [0.5, 0.6) is 0 Å². The zero-order valence-electron chi connectivity index (χ0n) is 19.6. The Morgan fingerprint density at radius 1 is 1.10 bits per heavy atom. The van der Waals surface area contributed by atoms with Gasteiger partial charge < -0.3 is 20.5 Å². The number of nitrogens with one attached hydrogen (secondary N) is 3. The van der Waals surface area contributed by atoms with Gasteiger partial charge in [0, 0.05) is 42.8 Å². The maximum absolute atomic E-state index is 4.51. The first-order valence-electron chi connectivity index (χ1n) is 12.0. The summed E-state index contributed by atoms with van der Waals surface area (Å²) in [5, 5.41) is 8.56. The molecular formula is C25H40N6. The van der Waals surface area contributed by atoms with Crippen molar-refractivity contribution >= 4 is 16.9 Å². The molecule has 2 aliphatic heterocycles. The summed E-state index contributed by atoms with van der Waals surface area (Å²) in [5.41, 5.74) is 4.14. The fourth-order valence-corrected chi connectivity index (χ4v) is 5.30. The number of guanidine groups is 1. The Labute approximate surface area is 187 Å². The fraction of sp³-hybridized carbons (Fsp3) is 0.640. The van der Waals surface area contributed by atoms with Crippen LogP contribution in [0.1, 0.15) is 43.2 Å². The van der Waals surface area contributed by atoms with Crippen LogP contribution in [0.15, 0.2) is 29.4 Å². The van der Waals surface area contributed by atoms with E-state index in [2.05, 4.69) is 68.8 Å². The average molecular weight is 425 g/mol. The molecule has 0 atom stereocenters. The molecule has 2 aliphatic rings. The molecular weight excluding hydrogens is 384 g/mol. The Morgan fingerprint density at radius 2 is 1.87 bits per heavy atom. The van der Waals surface area contributed by atoms with E-state index in [4.69, 9.17) is 0 Å². The van der Waals surface area contributed by atoms with Crippen molar-refractivity contribution in [2.24, 2.45) is 4.99 Å². The van der Waals surface area contributed by atoms with Gasteiger partial charge >= 0.3 is 0 Å². The highest BCUT2D eigenvalue weighted by atomic mass is 15.3. The van der Waals surface area contributed by atoms with Gasteiger partial charge in [-0.25, -0.2) is 0 Å². The van der Waals surface area contributed by atoms with E-state index < -0.39 is 0 Å². The van der Waals surface area contributed by atoms with Crippen LogP contribution < -0.4 is 10.6 Å². The van der Waals surface area contributed by atoms with E-state index in [1.807, 2.05) is 7.05 Å². The van der Waals surface area contributed by atoms with Crippen molar-refractivity contribution < 1.29 is 0 Å². The number of aliphatic imine (C=N–C) groups is 1. The zero-order valence-corrected chi connectivity index (χ0v) is 19.6. The van der Waals surface area contributed by atoms with Crippen molar-refractivity contribution in [1.29, 1.82) is 0 Å². The number of aromatic nitrogens is 1. The minimum atomic E-state index is 0.263. The Hall–Kier alpha value is -2.05. The van der Waals surface area contributed by atoms with Crippen molar-refractivity contribution in [1.82, 2.24) is 25.4 Å². The van der Waals surface area contributed by atoms with Crippen molar-refractivity contribution in [2.45, 2.75) is 51.0 Å². The van der Waals surface area contributed by atoms with E-state index in [0.717, 1.165) is 25.5 Å². The molecule has 6 heteroatoms. The summed E-state index contributed by atoms with van der Waals surface area (Å²) in [6, 6.07) is 6.63. The van der Waals surface area contributed by atoms with Gasteiger partial charge in [-0.2, -0.15) is 0 Å². The number of nitrogens with zero attached hydrogens (tertiary/aromatic N) is 3. The summed E-state index contributed by atoms with van der Waals surface area (Å²) < 4.78 is 0. The van der Waals surface area contributed by atoms with Gasteiger partial charge in [0.2, 0.25) is 0 Å². The molecule has 3 N–H and O–H groups in total. The third-order valence-electron chi connectivity index (χ3n) is 7.36. The zero-order chi connectivity index (χ0) is 21.7. The number of piperidine rings is 2. The Kier molecular flexibility index (Phi) is 7.18. The predicted molar refractivity (Wildman–Crippen MR) is 131 cm³/mol. The fourth-order valence-electron chi connectivity index (χ4n) is 5.30. The number of benzene rings is 1. The minimum Gasteiger partial charge on any atom is -0.361 e. The second-order valence-corrected chi connectivity index (χ2v) is 9.54. The topological polar surface area (TPSA) is 58.7 Å². The molecule has 4 rings (SSSR count). The van der Waals surface area contributed by atoms with Gasteiger partial charge in [-0.3, -0.25) is 9.89 Å². The summed E-state index contributed by atoms with van der Waals surface area (Å²) >= 11 is 0. The third kappa shape index (κ3) is 5.24. The molecule has 0 radical (unpaired) electrons. The molecule has 0 spiro atoms. The lowest BCUT2D eigenvalue weighted by molar-refractivity contribution is 0.0173. The van der Waals surface area contributed by atoms with Crippen LogP contribution in [0.25, 0.3) is 10.9 Å². The first-order chi connectivity index (χ1) is 15.1. The molecule has 2 saturated heterocycles. The van der Waals surface area contributed by atoms with Crippen molar-refractivity contribution in [3.05, 3.63) is 35.5 Å². The summed E-state index contributed by atoms with van der Waals surface area (Å²) in [4.78, 5) is 13.2. The predicted octanol–water partition coefficient (Wildman–Crippen LogP) is 3.13. The standard InChI is InChI=1S/C25H40N6/c1-20-7-8-22-21(18-28-23(22)17-20)9-12-27-24(26-2)29-19-25(10-15-30(3)16-11-25)31-13-5-4-6-14-31/h7-8,17-18,28H,4-6,9-16,19H2,1-3H3,(H2,26,27,29). The molecule has 1 aromatic carbocycles. The van der Waals surface area contributed by atoms with E-state index in [1.165, 1.54) is 80.3 Å². The van der Waals surface area contributed by atoms with E-state index in [0.29, 0.717) is 0 Å². The third-order valence-corrected chi connectivity index (χ3v) is 7.36. The molecule has 6 nitrogen and oxygen atoms in total. The number of fused-ring (bicyclic) bond motifs is 1. The van der Waals surface area contributed by atoms with Crippen molar-refractivity contribution in [3.63, 3.8) is 0 Å². The highest BCUT2D eigenvalue weighted by molar-refractivity contribution is 5.84. The maximum atomic E-state index is 4.51. The highest BCUT2D eigenvalue weighted by Gasteiger charge is 2.39. The maximum Gasteiger partial charge on any atom is 0.191 e. The largest absolute Gasteiger partial charge is 0.361 e. The molecule has 0 bridgehead atoms. The van der Waals surface area contributed by atoms with Gasteiger partial charge in [-0.15, -0.1) is 0 Å². The molecule has 0 amide bonds. The number of rotatable bonds is 6.